The monoisotopic (exact) mass is 398 g/mol. The largest absolute Gasteiger partial charge is 0.497 e. The molecule has 0 unspecified atom stereocenters. The number of methoxy groups -OCH3 is 1. The van der Waals surface area contributed by atoms with E-state index in [0.717, 1.165) is 11.8 Å². The van der Waals surface area contributed by atoms with Crippen molar-refractivity contribution in [3.05, 3.63) is 54.1 Å². The van der Waals surface area contributed by atoms with Crippen LogP contribution in [-0.4, -0.2) is 39.9 Å². The lowest BCUT2D eigenvalue weighted by Gasteiger charge is -2.08. The molecule has 10 heteroatoms. The van der Waals surface area contributed by atoms with Gasteiger partial charge in [-0.2, -0.15) is 4.98 Å². The maximum atomic E-state index is 12.3. The summed E-state index contributed by atoms with van der Waals surface area (Å²) in [7, 11) is 1.58. The van der Waals surface area contributed by atoms with Crippen LogP contribution in [0.15, 0.2) is 53.7 Å². The third kappa shape index (κ3) is 5.24. The molecule has 0 aliphatic heterocycles. The highest BCUT2D eigenvalue weighted by atomic mass is 32.2. The minimum Gasteiger partial charge on any atom is -0.497 e. The molecule has 0 spiro atoms. The maximum absolute atomic E-state index is 12.3. The van der Waals surface area contributed by atoms with E-state index in [1.54, 1.807) is 55.6 Å². The van der Waals surface area contributed by atoms with Crippen molar-refractivity contribution in [3.8, 4) is 5.75 Å². The Bertz CT molecular complexity index is 956. The molecule has 0 saturated heterocycles. The van der Waals surface area contributed by atoms with Crippen LogP contribution in [0.2, 0.25) is 0 Å². The minimum atomic E-state index is -0.249. The van der Waals surface area contributed by atoms with Gasteiger partial charge in [0, 0.05) is 16.9 Å². The van der Waals surface area contributed by atoms with E-state index in [0.29, 0.717) is 27.8 Å². The van der Waals surface area contributed by atoms with Crippen molar-refractivity contribution in [1.82, 2.24) is 15.2 Å². The van der Waals surface area contributed by atoms with Crippen molar-refractivity contribution in [2.75, 3.05) is 29.2 Å². The molecule has 1 heterocycles. The molecule has 5 N–H and O–H groups in total. The second kappa shape index (κ2) is 8.91. The summed E-state index contributed by atoms with van der Waals surface area (Å²) in [5.74, 6) is 0.579. The van der Waals surface area contributed by atoms with Crippen molar-refractivity contribution in [2.45, 2.75) is 5.16 Å². The smallest absolute Gasteiger partial charge is 0.255 e. The fourth-order valence-corrected chi connectivity index (χ4v) is 2.84. The second-order valence-electron chi connectivity index (χ2n) is 5.60. The van der Waals surface area contributed by atoms with E-state index in [1.165, 1.54) is 0 Å². The number of H-pyrrole nitrogens is 1. The number of aromatic amines is 1. The highest BCUT2D eigenvalue weighted by Crippen LogP contribution is 2.17. The summed E-state index contributed by atoms with van der Waals surface area (Å²) in [6.07, 6.45) is 0. The molecule has 0 fully saturated rings. The molecule has 0 saturated carbocycles. The standard InChI is InChI=1S/C18H18N6O3S/c1-27-14-8-6-13(7-9-14)21-16(26)11-2-4-12(5-3-11)20-15(25)10-28-18-22-17(19)23-24-18/h2-9H,10H2,1H3,(H,20,25)(H,21,26)(H3,19,22,23,24). The molecule has 0 atom stereocenters. The number of aromatic nitrogens is 3. The Kier molecular flexibility index (Phi) is 6.12. The summed E-state index contributed by atoms with van der Waals surface area (Å²) in [5, 5.41) is 12.3. The van der Waals surface area contributed by atoms with Crippen LogP contribution in [0, 0.1) is 0 Å². The number of thioether (sulfide) groups is 1. The number of nitrogens with zero attached hydrogens (tertiary/aromatic N) is 2. The van der Waals surface area contributed by atoms with Crippen LogP contribution in [0.3, 0.4) is 0 Å². The Labute approximate surface area is 165 Å². The fraction of sp³-hybridized carbons (Fsp3) is 0.111. The average molecular weight is 398 g/mol. The molecule has 28 heavy (non-hydrogen) atoms. The van der Waals surface area contributed by atoms with Gasteiger partial charge in [0.15, 0.2) is 0 Å². The van der Waals surface area contributed by atoms with Gasteiger partial charge in [-0.1, -0.05) is 11.8 Å². The molecule has 2 amide bonds. The van der Waals surface area contributed by atoms with Gasteiger partial charge >= 0.3 is 0 Å². The number of anilines is 3. The van der Waals surface area contributed by atoms with Gasteiger partial charge in [-0.15, -0.1) is 5.10 Å². The summed E-state index contributed by atoms with van der Waals surface area (Å²) < 4.78 is 5.08. The predicted octanol–water partition coefficient (Wildman–Crippen LogP) is 2.38. The Morgan fingerprint density at radius 1 is 1.07 bits per heavy atom. The molecule has 2 aromatic carbocycles. The van der Waals surface area contributed by atoms with E-state index in [9.17, 15) is 9.59 Å². The summed E-state index contributed by atoms with van der Waals surface area (Å²) in [4.78, 5) is 28.2. The predicted molar refractivity (Wildman–Crippen MR) is 108 cm³/mol. The van der Waals surface area contributed by atoms with Gasteiger partial charge in [-0.3, -0.25) is 9.59 Å². The van der Waals surface area contributed by atoms with Crippen molar-refractivity contribution in [1.29, 1.82) is 0 Å². The summed E-state index contributed by atoms with van der Waals surface area (Å²) >= 11 is 1.16. The maximum Gasteiger partial charge on any atom is 0.255 e. The number of carbonyl (C=O) groups is 2. The van der Waals surface area contributed by atoms with E-state index >= 15 is 0 Å². The van der Waals surface area contributed by atoms with Crippen LogP contribution in [0.25, 0.3) is 0 Å². The lowest BCUT2D eigenvalue weighted by Crippen LogP contribution is -2.15. The zero-order chi connectivity index (χ0) is 19.9. The van der Waals surface area contributed by atoms with Crippen molar-refractivity contribution in [2.24, 2.45) is 0 Å². The van der Waals surface area contributed by atoms with Crippen LogP contribution in [-0.2, 0) is 4.79 Å². The number of nitrogen functional groups attached to an aromatic ring is 1. The Morgan fingerprint density at radius 3 is 2.32 bits per heavy atom. The number of amides is 2. The number of nitrogens with two attached hydrogens (primary N) is 1. The molecule has 144 valence electrons. The number of ether oxygens (including phenoxy) is 1. The third-order valence-electron chi connectivity index (χ3n) is 3.59. The van der Waals surface area contributed by atoms with Crippen LogP contribution in [0.5, 0.6) is 5.75 Å². The molecule has 3 rings (SSSR count). The van der Waals surface area contributed by atoms with Crippen LogP contribution in [0.4, 0.5) is 17.3 Å². The Balaban J connectivity index is 1.51. The lowest BCUT2D eigenvalue weighted by molar-refractivity contribution is -0.113. The SMILES string of the molecule is COc1ccc(NC(=O)c2ccc(NC(=O)CSc3n[nH]c(N)n3)cc2)cc1. The van der Waals surface area contributed by atoms with Gasteiger partial charge in [0.05, 0.1) is 12.9 Å². The van der Waals surface area contributed by atoms with Crippen molar-refractivity contribution >= 4 is 40.9 Å². The highest BCUT2D eigenvalue weighted by molar-refractivity contribution is 7.99. The molecule has 1 aromatic heterocycles. The number of rotatable bonds is 7. The van der Waals surface area contributed by atoms with Crippen LogP contribution in [0.1, 0.15) is 10.4 Å². The van der Waals surface area contributed by atoms with Gasteiger partial charge < -0.3 is 21.1 Å². The highest BCUT2D eigenvalue weighted by Gasteiger charge is 2.09. The first-order valence-corrected chi connectivity index (χ1v) is 9.18. The van der Waals surface area contributed by atoms with Crippen molar-refractivity contribution < 1.29 is 14.3 Å². The van der Waals surface area contributed by atoms with E-state index < -0.39 is 0 Å². The van der Waals surface area contributed by atoms with Crippen LogP contribution < -0.4 is 21.1 Å². The van der Waals surface area contributed by atoms with Gasteiger partial charge in [-0.05, 0) is 48.5 Å². The molecule has 0 aliphatic carbocycles. The van der Waals surface area contributed by atoms with Crippen molar-refractivity contribution in [3.63, 3.8) is 0 Å². The first-order valence-electron chi connectivity index (χ1n) is 8.19. The molecular formula is C18H18N6O3S. The van der Waals surface area contributed by atoms with Gasteiger partial charge in [0.1, 0.15) is 5.75 Å². The Hall–Kier alpha value is -3.53. The quantitative estimate of drug-likeness (QED) is 0.449. The molecule has 0 aliphatic rings. The number of nitrogens with one attached hydrogen (secondary N) is 3. The summed E-state index contributed by atoms with van der Waals surface area (Å²) in [5.41, 5.74) is 7.14. The number of hydrogen-bond donors (Lipinski definition) is 4. The first kappa shape index (κ1) is 19.2. The van der Waals surface area contributed by atoms with E-state index in [1.807, 2.05) is 0 Å². The van der Waals surface area contributed by atoms with Crippen LogP contribution >= 0.6 is 11.8 Å². The zero-order valence-corrected chi connectivity index (χ0v) is 15.7. The molecule has 0 bridgehead atoms. The first-order chi connectivity index (χ1) is 13.5. The number of hydrogen-bond acceptors (Lipinski definition) is 7. The topological polar surface area (TPSA) is 135 Å². The van der Waals surface area contributed by atoms with Gasteiger partial charge in [0.2, 0.25) is 17.0 Å². The summed E-state index contributed by atoms with van der Waals surface area (Å²) in [6.45, 7) is 0. The van der Waals surface area contributed by atoms with Gasteiger partial charge in [-0.25, -0.2) is 5.10 Å². The molecular weight excluding hydrogens is 380 g/mol. The molecule has 0 radical (unpaired) electrons. The fourth-order valence-electron chi connectivity index (χ4n) is 2.23. The third-order valence-corrected chi connectivity index (χ3v) is 4.44. The summed E-state index contributed by atoms with van der Waals surface area (Å²) in [6, 6.07) is 13.6. The second-order valence-corrected chi connectivity index (χ2v) is 6.54. The zero-order valence-electron chi connectivity index (χ0n) is 14.9. The number of benzene rings is 2. The normalized spacial score (nSPS) is 10.3. The van der Waals surface area contributed by atoms with E-state index in [-0.39, 0.29) is 23.5 Å². The lowest BCUT2D eigenvalue weighted by atomic mass is 10.2. The van der Waals surface area contributed by atoms with Gasteiger partial charge in [0.25, 0.3) is 5.91 Å². The average Bonchev–Trinajstić information content (AvgIpc) is 3.13. The van der Waals surface area contributed by atoms with E-state index in [2.05, 4.69) is 25.8 Å². The Morgan fingerprint density at radius 2 is 1.71 bits per heavy atom. The minimum absolute atomic E-state index is 0.136. The molecule has 3 aromatic rings. The number of carbonyl (C=O) groups excluding carboxylic acids is 2. The van der Waals surface area contributed by atoms with E-state index in [4.69, 9.17) is 10.5 Å². The molecule has 9 nitrogen and oxygen atoms in total.